The Morgan fingerprint density at radius 3 is 2.60 bits per heavy atom. The van der Waals surface area contributed by atoms with Crippen LogP contribution in [0.3, 0.4) is 0 Å². The third kappa shape index (κ3) is 0.968. The van der Waals surface area contributed by atoms with Crippen LogP contribution in [-0.2, 0) is 14.1 Å². The first-order valence-corrected chi connectivity index (χ1v) is 3.59. The number of carbonyl (C=O) groups excluding carboxylic acids is 2. The molecule has 0 radical (unpaired) electrons. The molecule has 1 aliphatic rings. The van der Waals surface area contributed by atoms with Crippen molar-refractivity contribution in [2.45, 2.75) is 12.1 Å². The molecule has 3 unspecified atom stereocenters. The van der Waals surface area contributed by atoms with Gasteiger partial charge >= 0.3 is 0 Å². The van der Waals surface area contributed by atoms with E-state index in [0.29, 0.717) is 6.29 Å². The number of amides is 1. The third-order valence-electron chi connectivity index (χ3n) is 1.42. The van der Waals surface area contributed by atoms with Crippen molar-refractivity contribution in [1.29, 1.82) is 0 Å². The molecular weight excluding hydrogens is 172 g/mol. The van der Waals surface area contributed by atoms with Crippen molar-refractivity contribution in [3.63, 3.8) is 0 Å². The number of hydrogen-bond acceptors (Lipinski definition) is 3. The van der Waals surface area contributed by atoms with Crippen LogP contribution in [0, 0.1) is 0 Å². The van der Waals surface area contributed by atoms with Gasteiger partial charge in [0.1, 0.15) is 12.3 Å². The Kier molecular flexibility index (Phi) is 2.35. The maximum Gasteiger partial charge on any atom is 0.258 e. The molecule has 0 aromatic heterocycles. The predicted octanol–water partition coefficient (Wildman–Crippen LogP) is -0.639. The summed E-state index contributed by atoms with van der Waals surface area (Å²) in [5.74, 6) is -0.183. The van der Waals surface area contributed by atoms with Gasteiger partial charge < -0.3 is 14.0 Å². The topological polar surface area (TPSA) is 46.6 Å². The number of hydrogen-bond donors (Lipinski definition) is 0. The summed E-state index contributed by atoms with van der Waals surface area (Å²) in [5, 5.41) is 0. The van der Waals surface area contributed by atoms with Gasteiger partial charge in [-0.3, -0.25) is 4.79 Å². The van der Waals surface area contributed by atoms with Gasteiger partial charge in [0.25, 0.3) is 5.91 Å². The molecule has 0 bridgehead atoms. The van der Waals surface area contributed by atoms with E-state index < -0.39 is 12.1 Å². The van der Waals surface area contributed by atoms with E-state index in [1.54, 1.807) is 0 Å². The summed E-state index contributed by atoms with van der Waals surface area (Å²) in [4.78, 5) is 21.0. The minimum absolute atomic E-state index is 0.183. The first kappa shape index (κ1) is 8.06. The highest BCUT2D eigenvalue weighted by Gasteiger charge is 2.45. The first-order chi connectivity index (χ1) is 4.72. The lowest BCUT2D eigenvalue weighted by Crippen LogP contribution is -2.60. The highest BCUT2D eigenvalue weighted by molar-refractivity contribution is 7.15. The molecule has 4 atom stereocenters. The fraction of sp³-hybridized carbons (Fsp3) is 0.500. The smallest absolute Gasteiger partial charge is 0.258 e. The molecule has 0 aromatic rings. The lowest BCUT2D eigenvalue weighted by Gasteiger charge is -2.39. The van der Waals surface area contributed by atoms with Crippen LogP contribution in [0.5, 0.6) is 0 Å². The van der Waals surface area contributed by atoms with Crippen LogP contribution in [-0.4, -0.2) is 29.0 Å². The summed E-state index contributed by atoms with van der Waals surface area (Å²) in [5.41, 5.74) is 0. The summed E-state index contributed by atoms with van der Waals surface area (Å²) < 4.78 is 5.92. The van der Waals surface area contributed by atoms with Gasteiger partial charge in [-0.15, -0.1) is 0 Å². The van der Waals surface area contributed by atoms with Gasteiger partial charge in [0.15, 0.2) is 6.10 Å². The average molecular weight is 179 g/mol. The van der Waals surface area contributed by atoms with Crippen molar-refractivity contribution in [2.24, 2.45) is 0 Å². The zero-order valence-corrected chi connectivity index (χ0v) is 7.37. The molecule has 6 heteroatoms. The van der Waals surface area contributed by atoms with Crippen molar-refractivity contribution in [2.75, 3.05) is 0 Å². The van der Waals surface area contributed by atoms with Gasteiger partial charge in [0.2, 0.25) is 0 Å². The van der Waals surface area contributed by atoms with E-state index in [9.17, 15) is 9.59 Å². The molecule has 1 rings (SSSR count). The normalized spacial score (nSPS) is 31.8. The number of carbonyl (C=O) groups is 2. The SMILES string of the molecule is O=CC1[C@@H](OP)C(=O)N1P. The molecule has 1 heterocycles. The van der Waals surface area contributed by atoms with Gasteiger partial charge in [-0.2, -0.15) is 0 Å². The van der Waals surface area contributed by atoms with E-state index in [0.717, 1.165) is 0 Å². The molecule has 10 heavy (non-hydrogen) atoms. The van der Waals surface area contributed by atoms with Crippen LogP contribution < -0.4 is 0 Å². The van der Waals surface area contributed by atoms with E-state index in [-0.39, 0.29) is 5.91 Å². The van der Waals surface area contributed by atoms with Gasteiger partial charge in [-0.1, -0.05) is 0 Å². The molecule has 0 aliphatic carbocycles. The molecule has 0 saturated carbocycles. The maximum absolute atomic E-state index is 10.8. The molecule has 0 spiro atoms. The van der Waals surface area contributed by atoms with Crippen LogP contribution >= 0.6 is 18.9 Å². The lowest BCUT2D eigenvalue weighted by molar-refractivity contribution is -0.153. The lowest BCUT2D eigenvalue weighted by atomic mass is 10.0. The molecule has 0 N–H and O–H groups in total. The Balaban J connectivity index is 2.60. The third-order valence-corrected chi connectivity index (χ3v) is 2.31. The zero-order chi connectivity index (χ0) is 7.72. The number of rotatable bonds is 2. The zero-order valence-electron chi connectivity index (χ0n) is 5.06. The highest BCUT2D eigenvalue weighted by Crippen LogP contribution is 2.26. The van der Waals surface area contributed by atoms with Crippen LogP contribution in [0.4, 0.5) is 0 Å². The fourth-order valence-electron chi connectivity index (χ4n) is 0.779. The minimum atomic E-state index is -0.597. The Labute approximate surface area is 62.8 Å². The fourth-order valence-corrected chi connectivity index (χ4v) is 1.43. The summed E-state index contributed by atoms with van der Waals surface area (Å²) in [6.45, 7) is 0. The maximum atomic E-state index is 10.8. The van der Waals surface area contributed by atoms with E-state index in [1.165, 1.54) is 4.67 Å². The Hall–Kier alpha value is -0.0400. The van der Waals surface area contributed by atoms with E-state index in [4.69, 9.17) is 0 Å². The molecular formula is C4H7NO3P2. The van der Waals surface area contributed by atoms with Gasteiger partial charge in [0, 0.05) is 9.47 Å². The number of aldehydes is 1. The summed E-state index contributed by atoms with van der Waals surface area (Å²) in [6, 6.07) is -0.435. The van der Waals surface area contributed by atoms with Crippen molar-refractivity contribution < 1.29 is 14.1 Å². The van der Waals surface area contributed by atoms with E-state index >= 15 is 0 Å². The Morgan fingerprint density at radius 1 is 1.70 bits per heavy atom. The van der Waals surface area contributed by atoms with Crippen molar-refractivity contribution >= 4 is 31.1 Å². The van der Waals surface area contributed by atoms with Crippen LogP contribution in [0.15, 0.2) is 0 Å². The van der Waals surface area contributed by atoms with E-state index in [1.807, 2.05) is 9.47 Å². The van der Waals surface area contributed by atoms with Gasteiger partial charge in [-0.25, -0.2) is 0 Å². The second kappa shape index (κ2) is 2.91. The molecule has 0 aromatic carbocycles. The molecule has 4 nitrogen and oxygen atoms in total. The van der Waals surface area contributed by atoms with Gasteiger partial charge in [0.05, 0.1) is 0 Å². The van der Waals surface area contributed by atoms with Gasteiger partial charge in [-0.05, 0) is 9.39 Å². The van der Waals surface area contributed by atoms with E-state index in [2.05, 4.69) is 13.9 Å². The molecule has 1 amide bonds. The van der Waals surface area contributed by atoms with Crippen molar-refractivity contribution in [3.8, 4) is 0 Å². The van der Waals surface area contributed by atoms with Crippen LogP contribution in [0.2, 0.25) is 0 Å². The summed E-state index contributed by atoms with van der Waals surface area (Å²) in [7, 11) is 4.13. The monoisotopic (exact) mass is 179 g/mol. The van der Waals surface area contributed by atoms with Crippen LogP contribution in [0.25, 0.3) is 0 Å². The van der Waals surface area contributed by atoms with Crippen LogP contribution in [0.1, 0.15) is 0 Å². The minimum Gasteiger partial charge on any atom is -0.350 e. The number of nitrogens with zero attached hydrogens (tertiary/aromatic N) is 1. The molecule has 1 aliphatic heterocycles. The largest absolute Gasteiger partial charge is 0.350 e. The molecule has 1 fully saturated rings. The summed E-state index contributed by atoms with van der Waals surface area (Å²) >= 11 is 0. The molecule has 1 saturated heterocycles. The second-order valence-electron chi connectivity index (χ2n) is 1.93. The quantitative estimate of drug-likeness (QED) is 0.322. The van der Waals surface area contributed by atoms with Crippen molar-refractivity contribution in [3.05, 3.63) is 0 Å². The highest BCUT2D eigenvalue weighted by atomic mass is 31.0. The standard InChI is InChI=1S/C4H7NO3P2/c6-1-2-3(8-10)4(7)5(2)9/h1-3H,9-10H2/t2?,3-/m1/s1. The Bertz CT molecular complexity index is 174. The average Bonchev–Trinajstić information content (AvgIpc) is 1.97. The summed E-state index contributed by atoms with van der Waals surface area (Å²) in [6.07, 6.45) is 0.0864. The predicted molar refractivity (Wildman–Crippen MR) is 41.0 cm³/mol. The van der Waals surface area contributed by atoms with Crippen molar-refractivity contribution in [1.82, 2.24) is 4.67 Å². The second-order valence-corrected chi connectivity index (χ2v) is 2.76. The number of β-lactam (4-membered cyclic amide) rings is 1. The first-order valence-electron chi connectivity index (χ1n) is 2.61. The molecule has 56 valence electrons. The Morgan fingerprint density at radius 2 is 2.30 bits per heavy atom.